The van der Waals surface area contributed by atoms with E-state index in [1.807, 2.05) is 0 Å². The molecule has 8 atom stereocenters. The number of carbonyl (C=O) groups excluding carboxylic acids is 1. The second-order valence-electron chi connectivity index (χ2n) is 11.4. The molecule has 4 aliphatic carbocycles. The first-order valence-corrected chi connectivity index (χ1v) is 12.5. The van der Waals surface area contributed by atoms with Crippen LogP contribution in [0.2, 0.25) is 0 Å². The van der Waals surface area contributed by atoms with Gasteiger partial charge in [-0.2, -0.15) is 10.4 Å². The summed E-state index contributed by atoms with van der Waals surface area (Å²) in [5.41, 5.74) is -0.557. The van der Waals surface area contributed by atoms with Crippen LogP contribution in [0.25, 0.3) is 0 Å². The summed E-state index contributed by atoms with van der Waals surface area (Å²) in [6.45, 7) is 3.30. The molecule has 0 bridgehead atoms. The van der Waals surface area contributed by atoms with Gasteiger partial charge in [0.2, 0.25) is 0 Å². The van der Waals surface area contributed by atoms with Crippen molar-refractivity contribution in [3.63, 3.8) is 0 Å². The maximum absolute atomic E-state index is 16.6. The molecule has 5 nitrogen and oxygen atoms in total. The zero-order valence-corrected chi connectivity index (χ0v) is 19.4. The monoisotopic (exact) mass is 441 g/mol. The van der Waals surface area contributed by atoms with Crippen LogP contribution in [-0.2, 0) is 16.1 Å². The average molecular weight is 442 g/mol. The Hall–Kier alpha value is -1.74. The lowest BCUT2D eigenvalue weighted by molar-refractivity contribution is -0.148. The molecule has 1 aromatic rings. The number of ether oxygens (including phenoxy) is 1. The molecule has 0 radical (unpaired) electrons. The van der Waals surface area contributed by atoms with Gasteiger partial charge in [-0.15, -0.1) is 0 Å². The highest BCUT2D eigenvalue weighted by atomic mass is 19.1. The second kappa shape index (κ2) is 8.24. The van der Waals surface area contributed by atoms with Crippen LogP contribution in [0.3, 0.4) is 0 Å². The summed E-state index contributed by atoms with van der Waals surface area (Å²) in [5.74, 6) is 1.99. The highest BCUT2D eigenvalue weighted by Gasteiger charge is 2.62. The summed E-state index contributed by atoms with van der Waals surface area (Å²) in [6.07, 6.45) is 11.7. The maximum Gasteiger partial charge on any atom is 0.157 e. The Labute approximate surface area is 190 Å². The molecule has 0 saturated heterocycles. The highest BCUT2D eigenvalue weighted by Crippen LogP contribution is 2.66. The Morgan fingerprint density at radius 2 is 2.09 bits per heavy atom. The number of fused-ring (bicyclic) bond motifs is 5. The van der Waals surface area contributed by atoms with Gasteiger partial charge in [-0.25, -0.2) is 4.39 Å². The largest absolute Gasteiger partial charge is 0.384 e. The summed E-state index contributed by atoms with van der Waals surface area (Å²) < 4.78 is 23.6. The summed E-state index contributed by atoms with van der Waals surface area (Å²) in [4.78, 5) is 13.3. The highest BCUT2D eigenvalue weighted by molar-refractivity contribution is 5.82. The van der Waals surface area contributed by atoms with Crippen molar-refractivity contribution >= 4 is 5.78 Å². The van der Waals surface area contributed by atoms with Gasteiger partial charge >= 0.3 is 0 Å². The van der Waals surface area contributed by atoms with E-state index in [1.165, 1.54) is 6.20 Å². The Kier molecular flexibility index (Phi) is 5.68. The smallest absolute Gasteiger partial charge is 0.157 e. The van der Waals surface area contributed by atoms with E-state index in [4.69, 9.17) is 10.00 Å². The van der Waals surface area contributed by atoms with Crippen LogP contribution in [0.1, 0.15) is 70.3 Å². The molecule has 0 N–H and O–H groups in total. The van der Waals surface area contributed by atoms with Gasteiger partial charge in [0, 0.05) is 25.8 Å². The van der Waals surface area contributed by atoms with Gasteiger partial charge in [-0.05, 0) is 92.8 Å². The standard InChI is InChI=1S/C26H36FN3O2/c1-25-9-8-22-20(4-3-19-11-17(16-32-2)7-10-26(19,22)27)21(25)5-6-23(25)24(31)15-30-14-18(12-28)13-29-30/h13-14,17,19-23H,3-11,15-16H2,1-2H3/t17-,19+,20-,21?,22?,23+,25-,26+/m0/s1. The van der Waals surface area contributed by atoms with E-state index >= 15 is 4.39 Å². The molecule has 5 rings (SSSR count). The number of halogens is 1. The van der Waals surface area contributed by atoms with Gasteiger partial charge in [0.05, 0.1) is 18.3 Å². The van der Waals surface area contributed by atoms with Crippen LogP contribution in [-0.4, -0.2) is 34.9 Å². The zero-order chi connectivity index (χ0) is 22.5. The van der Waals surface area contributed by atoms with Crippen LogP contribution in [0.4, 0.5) is 4.39 Å². The SMILES string of the molecule is COC[C@H]1CC[C@]2(F)C3CC[C@@]4(C)C(CC[C@@H]4C(=O)Cn4cc(C#N)cn4)[C@@H]3CC[C@@H]2C1. The second-order valence-corrected chi connectivity index (χ2v) is 11.4. The van der Waals surface area contributed by atoms with Crippen LogP contribution in [0, 0.1) is 52.3 Å². The molecule has 0 spiro atoms. The first-order chi connectivity index (χ1) is 15.4. The fourth-order valence-corrected chi connectivity index (χ4v) is 8.56. The number of nitriles is 1. The number of Topliss-reactive ketones (excluding diaryl/α,β-unsaturated/α-hetero) is 1. The van der Waals surface area contributed by atoms with Crippen LogP contribution < -0.4 is 0 Å². The van der Waals surface area contributed by atoms with Crippen molar-refractivity contribution in [2.45, 2.75) is 76.9 Å². The number of ketones is 1. The zero-order valence-electron chi connectivity index (χ0n) is 19.4. The average Bonchev–Trinajstić information content (AvgIpc) is 3.37. The molecule has 6 heteroatoms. The fourth-order valence-electron chi connectivity index (χ4n) is 8.56. The van der Waals surface area contributed by atoms with Crippen LogP contribution in [0.5, 0.6) is 0 Å². The van der Waals surface area contributed by atoms with Crippen molar-refractivity contribution in [2.24, 2.45) is 40.9 Å². The van der Waals surface area contributed by atoms with Crippen LogP contribution in [0.15, 0.2) is 12.4 Å². The molecule has 0 amide bonds. The Morgan fingerprint density at radius 1 is 1.25 bits per heavy atom. The van der Waals surface area contributed by atoms with E-state index in [2.05, 4.69) is 18.1 Å². The summed E-state index contributed by atoms with van der Waals surface area (Å²) in [6, 6.07) is 2.07. The minimum absolute atomic E-state index is 0.0221. The number of aromatic nitrogens is 2. The van der Waals surface area contributed by atoms with Gasteiger partial charge in [-0.3, -0.25) is 9.48 Å². The molecule has 0 aliphatic heterocycles. The third-order valence-electron chi connectivity index (χ3n) is 10.0. The third-order valence-corrected chi connectivity index (χ3v) is 10.0. The molecule has 174 valence electrons. The molecule has 0 aromatic carbocycles. The Morgan fingerprint density at radius 3 is 2.84 bits per heavy atom. The first-order valence-electron chi connectivity index (χ1n) is 12.5. The number of methoxy groups -OCH3 is 1. The van der Waals surface area contributed by atoms with E-state index in [1.54, 1.807) is 18.0 Å². The summed E-state index contributed by atoms with van der Waals surface area (Å²) >= 11 is 0. The molecule has 1 heterocycles. The van der Waals surface area contributed by atoms with Crippen molar-refractivity contribution in [1.29, 1.82) is 5.26 Å². The van der Waals surface area contributed by atoms with Crippen LogP contribution >= 0.6 is 0 Å². The van der Waals surface area contributed by atoms with E-state index in [-0.39, 0.29) is 35.5 Å². The van der Waals surface area contributed by atoms with Crippen molar-refractivity contribution in [3.8, 4) is 6.07 Å². The van der Waals surface area contributed by atoms with Crippen molar-refractivity contribution < 1.29 is 13.9 Å². The number of nitrogens with zero attached hydrogens (tertiary/aromatic N) is 3. The lowest BCUT2D eigenvalue weighted by atomic mass is 9.48. The molecular formula is C26H36FN3O2. The number of alkyl halides is 1. The van der Waals surface area contributed by atoms with Crippen molar-refractivity contribution in [1.82, 2.24) is 9.78 Å². The minimum Gasteiger partial charge on any atom is -0.384 e. The minimum atomic E-state index is -1.01. The molecule has 2 unspecified atom stereocenters. The number of hydrogen-bond acceptors (Lipinski definition) is 4. The van der Waals surface area contributed by atoms with E-state index in [9.17, 15) is 4.79 Å². The predicted octanol–water partition coefficient (Wildman–Crippen LogP) is 4.95. The van der Waals surface area contributed by atoms with Crippen molar-refractivity contribution in [3.05, 3.63) is 18.0 Å². The third kappa shape index (κ3) is 3.43. The Balaban J connectivity index is 1.31. The Bertz CT molecular complexity index is 909. The quantitative estimate of drug-likeness (QED) is 0.649. The normalized spacial score (nSPS) is 43.1. The molecule has 4 saturated carbocycles. The van der Waals surface area contributed by atoms with Gasteiger partial charge in [-0.1, -0.05) is 6.92 Å². The maximum atomic E-state index is 16.6. The van der Waals surface area contributed by atoms with Gasteiger partial charge in [0.1, 0.15) is 11.7 Å². The lowest BCUT2D eigenvalue weighted by Gasteiger charge is -2.58. The number of hydrogen-bond donors (Lipinski definition) is 0. The fraction of sp³-hybridized carbons (Fsp3) is 0.808. The molecule has 32 heavy (non-hydrogen) atoms. The number of rotatable bonds is 5. The summed E-state index contributed by atoms with van der Waals surface area (Å²) in [7, 11) is 1.75. The molecular weight excluding hydrogens is 405 g/mol. The molecule has 1 aromatic heterocycles. The molecule has 4 fully saturated rings. The van der Waals surface area contributed by atoms with E-state index in [0.29, 0.717) is 29.7 Å². The van der Waals surface area contributed by atoms with E-state index in [0.717, 1.165) is 58.0 Å². The number of carbonyl (C=O) groups is 1. The van der Waals surface area contributed by atoms with E-state index < -0.39 is 5.67 Å². The molecule has 4 aliphatic rings. The van der Waals surface area contributed by atoms with Gasteiger partial charge in [0.15, 0.2) is 5.78 Å². The van der Waals surface area contributed by atoms with Gasteiger partial charge in [0.25, 0.3) is 0 Å². The van der Waals surface area contributed by atoms with Crippen molar-refractivity contribution in [2.75, 3.05) is 13.7 Å². The van der Waals surface area contributed by atoms with Gasteiger partial charge < -0.3 is 4.74 Å². The topological polar surface area (TPSA) is 67.9 Å². The predicted molar refractivity (Wildman–Crippen MR) is 118 cm³/mol. The first kappa shape index (κ1) is 22.1. The summed E-state index contributed by atoms with van der Waals surface area (Å²) in [5, 5.41) is 13.2. The lowest BCUT2D eigenvalue weighted by Crippen LogP contribution is -2.57.